The number of anilines is 4. The van der Waals surface area contributed by atoms with Gasteiger partial charge in [-0.2, -0.15) is 23.3 Å². The molecule has 4 heterocycles. The lowest BCUT2D eigenvalue weighted by atomic mass is 9.82. The number of amides is 1. The van der Waals surface area contributed by atoms with Crippen molar-refractivity contribution in [3.63, 3.8) is 0 Å². The van der Waals surface area contributed by atoms with Gasteiger partial charge in [0, 0.05) is 43.1 Å². The van der Waals surface area contributed by atoms with Gasteiger partial charge in [0.15, 0.2) is 5.69 Å². The number of nitrogens with zero attached hydrogens (tertiary/aromatic N) is 5. The number of benzene rings is 1. The lowest BCUT2D eigenvalue weighted by Gasteiger charge is -2.32. The smallest absolute Gasteiger partial charge is 0.495 e. The van der Waals surface area contributed by atoms with Crippen LogP contribution in [0, 0.1) is 5.41 Å². The Morgan fingerprint density at radius 1 is 1.03 bits per heavy atom. The molecule has 21 heteroatoms. The van der Waals surface area contributed by atoms with Gasteiger partial charge in [-0.3, -0.25) is 14.0 Å². The molecule has 1 atom stereocenters. The average Bonchev–Trinajstić information content (AvgIpc) is 3.67. The van der Waals surface area contributed by atoms with E-state index in [1.54, 1.807) is 42.9 Å². The van der Waals surface area contributed by atoms with E-state index in [2.05, 4.69) is 51.9 Å². The quantitative estimate of drug-likeness (QED) is 0.0564. The van der Waals surface area contributed by atoms with Crippen molar-refractivity contribution in [2.45, 2.75) is 91.6 Å². The fourth-order valence-electron chi connectivity index (χ4n) is 5.74. The van der Waals surface area contributed by atoms with Crippen molar-refractivity contribution in [1.29, 1.82) is 0 Å². The number of alkyl halides is 3. The first kappa shape index (κ1) is 45.0. The van der Waals surface area contributed by atoms with Crippen molar-refractivity contribution < 1.29 is 45.6 Å². The first-order valence-corrected chi connectivity index (χ1v) is 20.8. The Morgan fingerprint density at radius 3 is 2.33 bits per heavy atom. The summed E-state index contributed by atoms with van der Waals surface area (Å²) in [6.07, 6.45) is -1.17. The highest BCUT2D eigenvalue weighted by Gasteiger charge is 2.52. The Morgan fingerprint density at radius 2 is 1.71 bits per heavy atom. The SMILES string of the molecule is CNC(=O)c1nc(Br)ccc1Nc1nc(Nc2ccc(CP(=O)(OCC(C)(C)Cn3cc(B4OC(C)(C)C(C)(C)O4)cn3)OC(C)C)cc2OC)ncc1C(F)(F)F. The van der Waals surface area contributed by atoms with Crippen LogP contribution in [0.5, 0.6) is 5.75 Å². The second-order valence-corrected chi connectivity index (χ2v) is 18.6. The van der Waals surface area contributed by atoms with Gasteiger partial charge >= 0.3 is 20.9 Å². The van der Waals surface area contributed by atoms with E-state index in [1.165, 1.54) is 26.3 Å². The first-order chi connectivity index (χ1) is 26.9. The standard InChI is InChI=1S/C37H48BBrF3N8O7P/c1-22(2)55-58(52,54-21-34(3,4)20-50-18-24(16-45-50)38-56-35(5,6)36(7,8)57-38)19-23-11-12-26(28(15-23)53-10)47-33-44-17-25(37(40,41)42)31(49-33)46-27-13-14-29(39)48-30(27)32(51)43-9/h11-18,22H,19-21H2,1-10H3,(H,43,51)(H2,44,46,47,49). The molecule has 1 saturated heterocycles. The third kappa shape index (κ3) is 10.9. The molecule has 3 N–H and O–H groups in total. The van der Waals surface area contributed by atoms with Gasteiger partial charge < -0.3 is 39.0 Å². The summed E-state index contributed by atoms with van der Waals surface area (Å²) < 4.78 is 88.5. The molecule has 0 bridgehead atoms. The summed E-state index contributed by atoms with van der Waals surface area (Å²) in [5, 5.41) is 12.4. The maximum Gasteiger partial charge on any atom is 0.498 e. The molecule has 0 aliphatic carbocycles. The molecule has 0 saturated carbocycles. The van der Waals surface area contributed by atoms with Gasteiger partial charge in [0.2, 0.25) is 5.95 Å². The van der Waals surface area contributed by atoms with E-state index in [4.69, 9.17) is 23.1 Å². The molecule has 1 aromatic carbocycles. The summed E-state index contributed by atoms with van der Waals surface area (Å²) in [4.78, 5) is 24.5. The molecule has 58 heavy (non-hydrogen) atoms. The zero-order valence-corrected chi connectivity index (χ0v) is 36.4. The first-order valence-electron chi connectivity index (χ1n) is 18.3. The minimum absolute atomic E-state index is 0.0215. The van der Waals surface area contributed by atoms with Gasteiger partial charge in [-0.1, -0.05) is 19.9 Å². The maximum absolute atomic E-state index is 14.3. The zero-order chi connectivity index (χ0) is 42.8. The number of aromatic nitrogens is 5. The van der Waals surface area contributed by atoms with E-state index in [-0.39, 0.29) is 35.8 Å². The molecule has 1 fully saturated rings. The fourth-order valence-corrected chi connectivity index (χ4v) is 8.11. The fraction of sp³-hybridized carbons (Fsp3) is 0.486. The van der Waals surface area contributed by atoms with Crippen LogP contribution in [0.2, 0.25) is 0 Å². The molecule has 1 amide bonds. The highest BCUT2D eigenvalue weighted by atomic mass is 79.9. The lowest BCUT2D eigenvalue weighted by molar-refractivity contribution is -0.137. The molecule has 0 spiro atoms. The number of halogens is 4. The molecule has 1 unspecified atom stereocenters. The number of hydrogen-bond donors (Lipinski definition) is 3. The number of pyridine rings is 1. The predicted octanol–water partition coefficient (Wildman–Crippen LogP) is 7.87. The van der Waals surface area contributed by atoms with Gasteiger partial charge in [0.25, 0.3) is 5.91 Å². The highest BCUT2D eigenvalue weighted by molar-refractivity contribution is 9.10. The second kappa shape index (κ2) is 17.3. The van der Waals surface area contributed by atoms with Crippen molar-refractivity contribution in [3.8, 4) is 5.75 Å². The van der Waals surface area contributed by atoms with Crippen molar-refractivity contribution in [3.05, 3.63) is 70.3 Å². The number of rotatable bonds is 16. The molecule has 0 radical (unpaired) electrons. The van der Waals surface area contributed by atoms with Crippen molar-refractivity contribution in [2.75, 3.05) is 31.4 Å². The number of methoxy groups -OCH3 is 1. The Bertz CT molecular complexity index is 2160. The Kier molecular flexibility index (Phi) is 13.4. The van der Waals surface area contributed by atoms with Gasteiger partial charge in [0.1, 0.15) is 21.7 Å². The van der Waals surface area contributed by atoms with Crippen molar-refractivity contribution in [2.24, 2.45) is 5.41 Å². The van der Waals surface area contributed by atoms with Gasteiger partial charge in [0.05, 0.1) is 48.6 Å². The Labute approximate surface area is 344 Å². The third-order valence-electron chi connectivity index (χ3n) is 9.33. The monoisotopic (exact) mass is 894 g/mol. The van der Waals surface area contributed by atoms with Crippen LogP contribution in [-0.2, 0) is 41.8 Å². The van der Waals surface area contributed by atoms with Crippen LogP contribution in [0.4, 0.5) is 36.3 Å². The normalized spacial score (nSPS) is 16.3. The molecule has 1 aliphatic rings. The summed E-state index contributed by atoms with van der Waals surface area (Å²) in [5.74, 6) is -1.22. The van der Waals surface area contributed by atoms with E-state index in [1.807, 2.05) is 47.7 Å². The molecule has 314 valence electrons. The summed E-state index contributed by atoms with van der Waals surface area (Å²) in [6, 6.07) is 7.71. The Balaban J connectivity index is 1.31. The number of carbonyl (C=O) groups is 1. The zero-order valence-electron chi connectivity index (χ0n) is 33.9. The van der Waals surface area contributed by atoms with Gasteiger partial charge in [-0.05, 0) is 87.3 Å². The Hall–Kier alpha value is -4.07. The largest absolute Gasteiger partial charge is 0.498 e. The van der Waals surface area contributed by atoms with Crippen LogP contribution in [0.15, 0.2) is 53.5 Å². The second-order valence-electron chi connectivity index (χ2n) is 15.8. The van der Waals surface area contributed by atoms with E-state index in [0.717, 1.165) is 5.46 Å². The number of hydrogen-bond acceptors (Lipinski definition) is 13. The van der Waals surface area contributed by atoms with Crippen LogP contribution in [0.3, 0.4) is 0 Å². The topological polar surface area (TPSA) is 173 Å². The van der Waals surface area contributed by atoms with E-state index < -0.39 is 60.9 Å². The molecule has 4 aromatic rings. The summed E-state index contributed by atoms with van der Waals surface area (Å²) in [5.41, 5.74) is -1.24. The molecule has 15 nitrogen and oxygen atoms in total. The van der Waals surface area contributed by atoms with Crippen molar-refractivity contribution >= 4 is 65.2 Å². The van der Waals surface area contributed by atoms with Crippen LogP contribution in [0.25, 0.3) is 0 Å². The predicted molar refractivity (Wildman–Crippen MR) is 217 cm³/mol. The molecule has 1 aliphatic heterocycles. The number of ether oxygens (including phenoxy) is 1. The van der Waals surface area contributed by atoms with Crippen molar-refractivity contribution in [1.82, 2.24) is 30.0 Å². The maximum atomic E-state index is 14.3. The lowest BCUT2D eigenvalue weighted by Crippen LogP contribution is -2.41. The summed E-state index contributed by atoms with van der Waals surface area (Å²) in [7, 11) is -1.53. The molecule has 3 aromatic heterocycles. The molecule has 5 rings (SSSR count). The van der Waals surface area contributed by atoms with Crippen LogP contribution >= 0.6 is 23.5 Å². The molecular formula is C37H48BBrF3N8O7P. The number of carbonyl (C=O) groups excluding carboxylic acids is 1. The molecular weight excluding hydrogens is 847 g/mol. The van der Waals surface area contributed by atoms with E-state index in [9.17, 15) is 22.5 Å². The minimum atomic E-state index is -4.84. The van der Waals surface area contributed by atoms with Crippen LogP contribution < -0.4 is 26.2 Å². The average molecular weight is 896 g/mol. The van der Waals surface area contributed by atoms with E-state index >= 15 is 0 Å². The van der Waals surface area contributed by atoms with Gasteiger partial charge in [-0.25, -0.2) is 9.97 Å². The van der Waals surface area contributed by atoms with Crippen LogP contribution in [-0.4, -0.2) is 75.8 Å². The van der Waals surface area contributed by atoms with E-state index in [0.29, 0.717) is 28.6 Å². The van der Waals surface area contributed by atoms with Crippen LogP contribution in [0.1, 0.15) is 77.0 Å². The summed E-state index contributed by atoms with van der Waals surface area (Å²) >= 11 is 3.17. The van der Waals surface area contributed by atoms with Gasteiger partial charge in [-0.15, -0.1) is 0 Å². The number of nitrogens with one attached hydrogen (secondary N) is 3. The highest BCUT2D eigenvalue weighted by Crippen LogP contribution is 2.54. The minimum Gasteiger partial charge on any atom is -0.495 e. The third-order valence-corrected chi connectivity index (χ3v) is 11.8. The summed E-state index contributed by atoms with van der Waals surface area (Å²) in [6.45, 7) is 15.9.